The van der Waals surface area contributed by atoms with Gasteiger partial charge in [0.2, 0.25) is 0 Å². The Morgan fingerprint density at radius 3 is 2.50 bits per heavy atom. The summed E-state index contributed by atoms with van der Waals surface area (Å²) in [4.78, 5) is 22.7. The zero-order valence-electron chi connectivity index (χ0n) is 8.99. The Bertz CT molecular complexity index is 628. The summed E-state index contributed by atoms with van der Waals surface area (Å²) in [6.45, 7) is 0. The summed E-state index contributed by atoms with van der Waals surface area (Å²) in [5, 5.41) is 12.3. The second-order valence-corrected chi connectivity index (χ2v) is 6.72. The molecule has 1 unspecified atom stereocenters. The maximum absolute atomic E-state index is 11.7. The van der Waals surface area contributed by atoms with Crippen molar-refractivity contribution >= 4 is 33.1 Å². The SMILES string of the molecule is O=C(O)c1ccc(C(=O)NC2C=CS(=O)(=O)C2)s1. The first kappa shape index (κ1) is 12.8. The van der Waals surface area contributed by atoms with Crippen LogP contribution in [0.3, 0.4) is 0 Å². The Balaban J connectivity index is 2.04. The van der Waals surface area contributed by atoms with Crippen LogP contribution in [0.5, 0.6) is 0 Å². The van der Waals surface area contributed by atoms with Crippen LogP contribution in [0.15, 0.2) is 23.6 Å². The number of hydrogen-bond acceptors (Lipinski definition) is 5. The fraction of sp³-hybridized carbons (Fsp3) is 0.200. The minimum atomic E-state index is -3.22. The lowest BCUT2D eigenvalue weighted by Gasteiger charge is -2.08. The fourth-order valence-corrected chi connectivity index (χ4v) is 3.46. The van der Waals surface area contributed by atoms with Gasteiger partial charge >= 0.3 is 5.97 Å². The average Bonchev–Trinajstić information content (AvgIpc) is 2.85. The Kier molecular flexibility index (Phi) is 3.22. The van der Waals surface area contributed by atoms with E-state index in [4.69, 9.17) is 5.11 Å². The van der Waals surface area contributed by atoms with Gasteiger partial charge in [-0.1, -0.05) is 0 Å². The fourth-order valence-electron chi connectivity index (χ4n) is 1.48. The summed E-state index contributed by atoms with van der Waals surface area (Å²) in [5.41, 5.74) is 0. The first-order valence-corrected chi connectivity index (χ1v) is 7.45. The Labute approximate surface area is 107 Å². The van der Waals surface area contributed by atoms with Crippen LogP contribution in [0.4, 0.5) is 0 Å². The Morgan fingerprint density at radius 1 is 1.33 bits per heavy atom. The van der Waals surface area contributed by atoms with Gasteiger partial charge in [-0.15, -0.1) is 11.3 Å². The molecule has 0 bridgehead atoms. The van der Waals surface area contributed by atoms with Gasteiger partial charge in [0, 0.05) is 5.41 Å². The largest absolute Gasteiger partial charge is 0.477 e. The van der Waals surface area contributed by atoms with Crippen LogP contribution in [0.1, 0.15) is 19.3 Å². The van der Waals surface area contributed by atoms with E-state index >= 15 is 0 Å². The van der Waals surface area contributed by atoms with Gasteiger partial charge in [0.05, 0.1) is 16.7 Å². The monoisotopic (exact) mass is 287 g/mol. The lowest BCUT2D eigenvalue weighted by Crippen LogP contribution is -2.35. The van der Waals surface area contributed by atoms with E-state index < -0.39 is 27.8 Å². The molecule has 0 saturated heterocycles. The van der Waals surface area contributed by atoms with Crippen LogP contribution in [0.25, 0.3) is 0 Å². The molecule has 0 spiro atoms. The van der Waals surface area contributed by atoms with Crippen LogP contribution in [-0.2, 0) is 9.84 Å². The van der Waals surface area contributed by atoms with Gasteiger partial charge in [0.1, 0.15) is 4.88 Å². The lowest BCUT2D eigenvalue weighted by molar-refractivity contribution is 0.0702. The number of nitrogens with one attached hydrogen (secondary N) is 1. The van der Waals surface area contributed by atoms with Crippen molar-refractivity contribution in [3.05, 3.63) is 33.4 Å². The van der Waals surface area contributed by atoms with E-state index in [-0.39, 0.29) is 15.5 Å². The molecule has 1 atom stereocenters. The van der Waals surface area contributed by atoms with Gasteiger partial charge in [-0.05, 0) is 18.2 Å². The molecule has 6 nitrogen and oxygen atoms in total. The van der Waals surface area contributed by atoms with Gasteiger partial charge < -0.3 is 10.4 Å². The zero-order chi connectivity index (χ0) is 13.3. The van der Waals surface area contributed by atoms with E-state index in [2.05, 4.69) is 5.32 Å². The van der Waals surface area contributed by atoms with Crippen molar-refractivity contribution in [2.45, 2.75) is 6.04 Å². The number of thiophene rings is 1. The standard InChI is InChI=1S/C10H9NO5S2/c12-9(7-1-2-8(17-7)10(13)14)11-6-3-4-18(15,16)5-6/h1-4,6H,5H2,(H,11,12)(H,13,14). The molecule has 1 amide bonds. The highest BCUT2D eigenvalue weighted by atomic mass is 32.2. The minimum absolute atomic E-state index is 0.0646. The molecule has 0 saturated carbocycles. The number of sulfone groups is 1. The number of aromatic carboxylic acids is 1. The lowest BCUT2D eigenvalue weighted by atomic mass is 10.3. The molecular formula is C10H9NO5S2. The van der Waals surface area contributed by atoms with Crippen LogP contribution >= 0.6 is 11.3 Å². The molecule has 1 aliphatic rings. The van der Waals surface area contributed by atoms with E-state index in [1.54, 1.807) is 0 Å². The molecule has 0 fully saturated rings. The summed E-state index contributed by atoms with van der Waals surface area (Å²) >= 11 is 0.847. The quantitative estimate of drug-likeness (QED) is 0.842. The number of carboxylic acid groups (broad SMARTS) is 1. The number of amides is 1. The maximum Gasteiger partial charge on any atom is 0.345 e. The normalized spacial score (nSPS) is 20.8. The molecule has 2 N–H and O–H groups in total. The number of hydrogen-bond donors (Lipinski definition) is 2. The molecular weight excluding hydrogens is 278 g/mol. The van der Waals surface area contributed by atoms with Crippen molar-refractivity contribution in [3.8, 4) is 0 Å². The summed E-state index contributed by atoms with van der Waals surface area (Å²) < 4.78 is 22.3. The van der Waals surface area contributed by atoms with Crippen molar-refractivity contribution in [1.29, 1.82) is 0 Å². The van der Waals surface area contributed by atoms with Gasteiger partial charge in [0.25, 0.3) is 5.91 Å². The highest BCUT2D eigenvalue weighted by Gasteiger charge is 2.24. The van der Waals surface area contributed by atoms with E-state index in [0.29, 0.717) is 0 Å². The van der Waals surface area contributed by atoms with Gasteiger partial charge in [-0.2, -0.15) is 0 Å². The molecule has 18 heavy (non-hydrogen) atoms. The Morgan fingerprint density at radius 2 is 2.00 bits per heavy atom. The predicted molar refractivity (Wildman–Crippen MR) is 65.5 cm³/mol. The molecule has 2 heterocycles. The van der Waals surface area contributed by atoms with Gasteiger partial charge in [0.15, 0.2) is 9.84 Å². The second kappa shape index (κ2) is 4.54. The zero-order valence-corrected chi connectivity index (χ0v) is 10.6. The van der Waals surface area contributed by atoms with Crippen LogP contribution < -0.4 is 5.32 Å². The molecule has 8 heteroatoms. The maximum atomic E-state index is 11.7. The predicted octanol–water partition coefficient (Wildman–Crippen LogP) is 0.487. The first-order chi connectivity index (χ1) is 8.37. The number of carbonyl (C=O) groups is 2. The van der Waals surface area contributed by atoms with Crippen LogP contribution in [0, 0.1) is 0 Å². The molecule has 2 rings (SSSR count). The molecule has 1 aromatic rings. The van der Waals surface area contributed by atoms with E-state index in [1.165, 1.54) is 18.2 Å². The summed E-state index contributed by atoms with van der Waals surface area (Å²) in [6, 6.07) is 2.18. The molecule has 1 aromatic heterocycles. The van der Waals surface area contributed by atoms with Crippen LogP contribution in [-0.4, -0.2) is 37.2 Å². The van der Waals surface area contributed by atoms with Crippen molar-refractivity contribution in [1.82, 2.24) is 5.32 Å². The Hall–Kier alpha value is -1.67. The number of rotatable bonds is 3. The molecule has 0 aliphatic carbocycles. The molecule has 96 valence electrons. The summed E-state index contributed by atoms with van der Waals surface area (Å²) in [5.74, 6) is -1.72. The van der Waals surface area contributed by atoms with E-state index in [0.717, 1.165) is 16.7 Å². The smallest absolute Gasteiger partial charge is 0.345 e. The van der Waals surface area contributed by atoms with Crippen LogP contribution in [0.2, 0.25) is 0 Å². The minimum Gasteiger partial charge on any atom is -0.477 e. The average molecular weight is 287 g/mol. The van der Waals surface area contributed by atoms with Gasteiger partial charge in [-0.3, -0.25) is 4.79 Å². The second-order valence-electron chi connectivity index (χ2n) is 3.71. The molecule has 0 radical (unpaired) electrons. The highest BCUT2D eigenvalue weighted by Crippen LogP contribution is 2.17. The van der Waals surface area contributed by atoms with E-state index in [9.17, 15) is 18.0 Å². The summed E-state index contributed by atoms with van der Waals surface area (Å²) in [6.07, 6.45) is 1.40. The third kappa shape index (κ3) is 2.77. The van der Waals surface area contributed by atoms with Crippen molar-refractivity contribution in [2.75, 3.05) is 5.75 Å². The summed E-state index contributed by atoms with van der Waals surface area (Å²) in [7, 11) is -3.22. The number of carboxylic acids is 1. The van der Waals surface area contributed by atoms with Crippen molar-refractivity contribution in [2.24, 2.45) is 0 Å². The first-order valence-electron chi connectivity index (χ1n) is 4.92. The van der Waals surface area contributed by atoms with Gasteiger partial charge in [-0.25, -0.2) is 13.2 Å². The molecule has 1 aliphatic heterocycles. The van der Waals surface area contributed by atoms with E-state index in [1.807, 2.05) is 0 Å². The third-order valence-corrected chi connectivity index (χ3v) is 4.75. The topological polar surface area (TPSA) is 101 Å². The highest BCUT2D eigenvalue weighted by molar-refractivity contribution is 7.94. The molecule has 0 aromatic carbocycles. The third-order valence-electron chi connectivity index (χ3n) is 2.29. The number of carbonyl (C=O) groups excluding carboxylic acids is 1. The van der Waals surface area contributed by atoms with Crippen molar-refractivity contribution in [3.63, 3.8) is 0 Å². The van der Waals surface area contributed by atoms with Crippen molar-refractivity contribution < 1.29 is 23.1 Å².